The number of methoxy groups -OCH3 is 1. The highest BCUT2D eigenvalue weighted by molar-refractivity contribution is 5.72. The van der Waals surface area contributed by atoms with E-state index in [9.17, 15) is 4.79 Å². The molecule has 1 aliphatic carbocycles. The van der Waals surface area contributed by atoms with E-state index in [1.807, 2.05) is 24.3 Å². The van der Waals surface area contributed by atoms with Gasteiger partial charge in [-0.25, -0.2) is 0 Å². The van der Waals surface area contributed by atoms with Crippen LogP contribution < -0.4 is 0 Å². The summed E-state index contributed by atoms with van der Waals surface area (Å²) in [7, 11) is 1.42. The molecule has 1 fully saturated rings. The van der Waals surface area contributed by atoms with Crippen LogP contribution in [0.5, 0.6) is 0 Å². The Morgan fingerprint density at radius 3 is 2.40 bits per heavy atom. The number of esters is 1. The minimum absolute atomic E-state index is 0.202. The molecule has 0 aromatic heterocycles. The summed E-state index contributed by atoms with van der Waals surface area (Å²) in [5, 5.41) is 0. The largest absolute Gasteiger partial charge is 0.469 e. The summed E-state index contributed by atoms with van der Waals surface area (Å²) < 4.78 is 10.8. The minimum Gasteiger partial charge on any atom is -0.469 e. The van der Waals surface area contributed by atoms with E-state index in [1.54, 1.807) is 0 Å². The summed E-state index contributed by atoms with van der Waals surface area (Å²) in [6.45, 7) is 0.595. The van der Waals surface area contributed by atoms with Crippen LogP contribution in [-0.2, 0) is 27.3 Å². The molecule has 3 heteroatoms. The normalized spacial score (nSPS) is 16.6. The average Bonchev–Trinajstić information content (AvgIpc) is 2.75. The highest BCUT2D eigenvalue weighted by atomic mass is 16.5. The van der Waals surface area contributed by atoms with Crippen LogP contribution in [0.1, 0.15) is 49.7 Å². The van der Waals surface area contributed by atoms with E-state index in [0.29, 0.717) is 19.1 Å². The van der Waals surface area contributed by atoms with Gasteiger partial charge < -0.3 is 9.47 Å². The van der Waals surface area contributed by atoms with Crippen molar-refractivity contribution < 1.29 is 14.3 Å². The molecule has 0 heterocycles. The first-order valence-electron chi connectivity index (χ1n) is 7.55. The maximum atomic E-state index is 11.4. The molecule has 1 saturated carbocycles. The Kier molecular flexibility index (Phi) is 6.06. The third-order valence-corrected chi connectivity index (χ3v) is 3.96. The molecule has 1 aromatic carbocycles. The smallest absolute Gasteiger partial charge is 0.309 e. The fourth-order valence-corrected chi connectivity index (χ4v) is 2.71. The second-order valence-corrected chi connectivity index (χ2v) is 5.45. The van der Waals surface area contributed by atoms with Crippen LogP contribution in [0.15, 0.2) is 24.3 Å². The van der Waals surface area contributed by atoms with Gasteiger partial charge in [0.05, 0.1) is 26.2 Å². The van der Waals surface area contributed by atoms with Gasteiger partial charge >= 0.3 is 5.97 Å². The number of ether oxygens (including phenoxy) is 2. The molecule has 110 valence electrons. The zero-order valence-electron chi connectivity index (χ0n) is 12.3. The Balaban J connectivity index is 1.92. The summed E-state index contributed by atoms with van der Waals surface area (Å²) in [5.74, 6) is -0.202. The third kappa shape index (κ3) is 4.64. The van der Waals surface area contributed by atoms with E-state index < -0.39 is 0 Å². The van der Waals surface area contributed by atoms with E-state index in [1.165, 1.54) is 45.6 Å². The van der Waals surface area contributed by atoms with E-state index in [-0.39, 0.29) is 5.97 Å². The van der Waals surface area contributed by atoms with Crippen molar-refractivity contribution in [2.24, 2.45) is 0 Å². The van der Waals surface area contributed by atoms with Crippen molar-refractivity contribution in [2.45, 2.75) is 57.7 Å². The van der Waals surface area contributed by atoms with Gasteiger partial charge in [-0.15, -0.1) is 0 Å². The van der Waals surface area contributed by atoms with Crippen LogP contribution in [0.2, 0.25) is 0 Å². The van der Waals surface area contributed by atoms with Gasteiger partial charge in [-0.05, 0) is 24.0 Å². The van der Waals surface area contributed by atoms with Crippen molar-refractivity contribution in [1.82, 2.24) is 0 Å². The zero-order valence-corrected chi connectivity index (χ0v) is 12.3. The summed E-state index contributed by atoms with van der Waals surface area (Å²) >= 11 is 0. The Labute approximate surface area is 121 Å². The Morgan fingerprint density at radius 1 is 1.10 bits per heavy atom. The van der Waals surface area contributed by atoms with E-state index in [4.69, 9.17) is 9.47 Å². The van der Waals surface area contributed by atoms with Gasteiger partial charge in [0, 0.05) is 0 Å². The third-order valence-electron chi connectivity index (χ3n) is 3.96. The molecule has 0 amide bonds. The number of carbonyl (C=O) groups is 1. The lowest BCUT2D eigenvalue weighted by molar-refractivity contribution is -0.139. The molecule has 0 saturated heterocycles. The molecule has 20 heavy (non-hydrogen) atoms. The molecule has 0 unspecified atom stereocenters. The van der Waals surface area contributed by atoms with Crippen LogP contribution in [0, 0.1) is 0 Å². The molecule has 2 rings (SSSR count). The minimum atomic E-state index is -0.202. The standard InChI is InChI=1S/C17H24O3/c1-19-17(18)12-14-8-6-7-9-15(14)13-20-16-10-4-2-3-5-11-16/h6-9,16H,2-5,10-13H2,1H3. The monoisotopic (exact) mass is 276 g/mol. The van der Waals surface area contributed by atoms with Crippen LogP contribution >= 0.6 is 0 Å². The van der Waals surface area contributed by atoms with Gasteiger partial charge in [-0.3, -0.25) is 4.79 Å². The predicted octanol–water partition coefficient (Wildman–Crippen LogP) is 3.64. The lowest BCUT2D eigenvalue weighted by Gasteiger charge is -2.16. The number of rotatable bonds is 5. The van der Waals surface area contributed by atoms with Crippen molar-refractivity contribution in [2.75, 3.05) is 7.11 Å². The van der Waals surface area contributed by atoms with Gasteiger partial charge in [0.15, 0.2) is 0 Å². The Bertz CT molecular complexity index is 420. The second-order valence-electron chi connectivity index (χ2n) is 5.45. The molecular formula is C17H24O3. The topological polar surface area (TPSA) is 35.5 Å². The first-order chi connectivity index (χ1) is 9.79. The van der Waals surface area contributed by atoms with E-state index >= 15 is 0 Å². The second kappa shape index (κ2) is 8.05. The summed E-state index contributed by atoms with van der Waals surface area (Å²) in [6.07, 6.45) is 8.24. The molecule has 3 nitrogen and oxygen atoms in total. The van der Waals surface area contributed by atoms with Crippen LogP contribution in [-0.4, -0.2) is 19.2 Å². The van der Waals surface area contributed by atoms with Crippen molar-refractivity contribution in [3.8, 4) is 0 Å². The van der Waals surface area contributed by atoms with E-state index in [2.05, 4.69) is 0 Å². The van der Waals surface area contributed by atoms with Gasteiger partial charge in [0.2, 0.25) is 0 Å². The average molecular weight is 276 g/mol. The van der Waals surface area contributed by atoms with Crippen LogP contribution in [0.3, 0.4) is 0 Å². The van der Waals surface area contributed by atoms with Crippen molar-refractivity contribution in [3.63, 3.8) is 0 Å². The first-order valence-corrected chi connectivity index (χ1v) is 7.55. The summed E-state index contributed by atoms with van der Waals surface area (Å²) in [5.41, 5.74) is 2.11. The fourth-order valence-electron chi connectivity index (χ4n) is 2.71. The fraction of sp³-hybridized carbons (Fsp3) is 0.588. The lowest BCUT2D eigenvalue weighted by Crippen LogP contribution is -2.13. The molecule has 1 aliphatic rings. The quantitative estimate of drug-likeness (QED) is 0.608. The number of benzene rings is 1. The Morgan fingerprint density at radius 2 is 1.75 bits per heavy atom. The number of carbonyl (C=O) groups excluding carboxylic acids is 1. The molecule has 0 atom stereocenters. The first kappa shape index (κ1) is 15.0. The molecule has 0 N–H and O–H groups in total. The van der Waals surface area contributed by atoms with Crippen LogP contribution in [0.25, 0.3) is 0 Å². The molecule has 0 aliphatic heterocycles. The van der Waals surface area contributed by atoms with Crippen molar-refractivity contribution >= 4 is 5.97 Å². The molecule has 0 radical (unpaired) electrons. The highest BCUT2D eigenvalue weighted by Gasteiger charge is 2.14. The molecule has 0 spiro atoms. The molecule has 1 aromatic rings. The number of hydrogen-bond acceptors (Lipinski definition) is 3. The van der Waals surface area contributed by atoms with Gasteiger partial charge in [0.1, 0.15) is 0 Å². The predicted molar refractivity (Wildman–Crippen MR) is 78.4 cm³/mol. The van der Waals surface area contributed by atoms with Gasteiger partial charge in [-0.2, -0.15) is 0 Å². The van der Waals surface area contributed by atoms with Gasteiger partial charge in [0.25, 0.3) is 0 Å². The maximum absolute atomic E-state index is 11.4. The molecule has 0 bridgehead atoms. The lowest BCUT2D eigenvalue weighted by atomic mass is 10.1. The van der Waals surface area contributed by atoms with E-state index in [0.717, 1.165) is 11.1 Å². The van der Waals surface area contributed by atoms with Crippen molar-refractivity contribution in [1.29, 1.82) is 0 Å². The summed E-state index contributed by atoms with van der Waals surface area (Å²) in [4.78, 5) is 11.4. The Hall–Kier alpha value is -1.35. The SMILES string of the molecule is COC(=O)Cc1ccccc1COC1CCCCCC1. The zero-order chi connectivity index (χ0) is 14.2. The number of hydrogen-bond donors (Lipinski definition) is 0. The van der Waals surface area contributed by atoms with Crippen LogP contribution in [0.4, 0.5) is 0 Å². The summed E-state index contributed by atoms with van der Waals surface area (Å²) in [6, 6.07) is 7.96. The molecular weight excluding hydrogens is 252 g/mol. The van der Waals surface area contributed by atoms with Gasteiger partial charge in [-0.1, -0.05) is 49.9 Å². The highest BCUT2D eigenvalue weighted by Crippen LogP contribution is 2.21. The van der Waals surface area contributed by atoms with Crippen molar-refractivity contribution in [3.05, 3.63) is 35.4 Å². The maximum Gasteiger partial charge on any atom is 0.309 e.